The molecule has 2 aromatic rings. The number of para-hydroxylation sites is 1. The number of anilines is 1. The van der Waals surface area contributed by atoms with Crippen LogP contribution in [0.2, 0.25) is 0 Å². The van der Waals surface area contributed by atoms with E-state index in [1.807, 2.05) is 49.4 Å². The van der Waals surface area contributed by atoms with Crippen LogP contribution < -0.4 is 5.01 Å². The molecule has 0 unspecified atom stereocenters. The summed E-state index contributed by atoms with van der Waals surface area (Å²) in [6.07, 6.45) is 0.233. The molecule has 1 aliphatic rings. The normalized spacial score (nSPS) is 21.1. The molecule has 0 aliphatic carbocycles. The molecule has 1 amide bonds. The summed E-state index contributed by atoms with van der Waals surface area (Å²) in [7, 11) is 0. The molecule has 0 saturated heterocycles. The molecule has 0 aromatic heterocycles. The highest BCUT2D eigenvalue weighted by molar-refractivity contribution is 6.21. The van der Waals surface area contributed by atoms with Crippen molar-refractivity contribution in [3.8, 4) is 0 Å². The van der Waals surface area contributed by atoms with Gasteiger partial charge in [-0.1, -0.05) is 42.5 Å². The van der Waals surface area contributed by atoms with Crippen molar-refractivity contribution in [2.75, 3.05) is 5.01 Å². The molecule has 3 rings (SSSR count). The van der Waals surface area contributed by atoms with Crippen molar-refractivity contribution in [2.24, 2.45) is 5.10 Å². The number of carbonyl (C=O) groups excluding carboxylic acids is 1. The molecule has 1 heterocycles. The zero-order valence-corrected chi connectivity index (χ0v) is 12.7. The molecule has 1 aliphatic heterocycles. The van der Waals surface area contributed by atoms with Crippen LogP contribution in [0.1, 0.15) is 18.1 Å². The van der Waals surface area contributed by atoms with Gasteiger partial charge in [0.15, 0.2) is 5.60 Å². The van der Waals surface area contributed by atoms with Gasteiger partial charge in [0.2, 0.25) is 0 Å². The molecule has 1 atom stereocenters. The van der Waals surface area contributed by atoms with Crippen molar-refractivity contribution in [3.63, 3.8) is 0 Å². The van der Waals surface area contributed by atoms with Gasteiger partial charge in [-0.15, -0.1) is 0 Å². The molecule has 1 N–H and O–H groups in total. The summed E-state index contributed by atoms with van der Waals surface area (Å²) < 4.78 is 0. The van der Waals surface area contributed by atoms with Crippen LogP contribution in [0.5, 0.6) is 0 Å². The van der Waals surface area contributed by atoms with Gasteiger partial charge in [-0.05, 0) is 37.1 Å². The molecule has 0 saturated carbocycles. The van der Waals surface area contributed by atoms with E-state index in [4.69, 9.17) is 0 Å². The van der Waals surface area contributed by atoms with Gasteiger partial charge in [0.25, 0.3) is 5.91 Å². The standard InChI is InChI=1S/C18H18N2O2/c1-13-8-6-7-9-15(13)12-18(22)14(2)19-20(17(18)21)16-10-4-3-5-11-16/h3-11,22H,12H2,1-2H3/t18-/m0/s1. The predicted octanol–water partition coefficient (Wildman–Crippen LogP) is 2.69. The van der Waals surface area contributed by atoms with E-state index in [0.29, 0.717) is 11.4 Å². The minimum absolute atomic E-state index is 0.233. The molecule has 112 valence electrons. The fourth-order valence-corrected chi connectivity index (χ4v) is 2.64. The van der Waals surface area contributed by atoms with Gasteiger partial charge in [-0.3, -0.25) is 4.79 Å². The highest BCUT2D eigenvalue weighted by Gasteiger charge is 2.48. The third-order valence-corrected chi connectivity index (χ3v) is 4.10. The summed E-state index contributed by atoms with van der Waals surface area (Å²) >= 11 is 0. The minimum atomic E-state index is -1.58. The molecule has 0 fully saturated rings. The lowest BCUT2D eigenvalue weighted by Gasteiger charge is -2.23. The van der Waals surface area contributed by atoms with Crippen LogP contribution in [0.15, 0.2) is 59.7 Å². The van der Waals surface area contributed by atoms with Crippen LogP contribution in [0, 0.1) is 6.92 Å². The maximum Gasteiger partial charge on any atom is 0.285 e. The number of rotatable bonds is 3. The first-order valence-corrected chi connectivity index (χ1v) is 7.24. The lowest BCUT2D eigenvalue weighted by Crippen LogP contribution is -2.47. The average Bonchev–Trinajstić information content (AvgIpc) is 2.75. The summed E-state index contributed by atoms with van der Waals surface area (Å²) in [4.78, 5) is 12.7. The van der Waals surface area contributed by atoms with Crippen LogP contribution in [-0.4, -0.2) is 22.3 Å². The Morgan fingerprint density at radius 3 is 2.36 bits per heavy atom. The molecular weight excluding hydrogens is 276 g/mol. The Balaban J connectivity index is 1.94. The summed E-state index contributed by atoms with van der Waals surface area (Å²) in [6, 6.07) is 16.9. The molecule has 0 radical (unpaired) electrons. The quantitative estimate of drug-likeness (QED) is 0.946. The summed E-state index contributed by atoms with van der Waals surface area (Å²) in [6.45, 7) is 3.67. The van der Waals surface area contributed by atoms with Crippen molar-refractivity contribution in [1.82, 2.24) is 0 Å². The number of carbonyl (C=O) groups is 1. The Kier molecular flexibility index (Phi) is 3.54. The number of hydrazone groups is 1. The monoisotopic (exact) mass is 294 g/mol. The van der Waals surface area contributed by atoms with Gasteiger partial charge >= 0.3 is 0 Å². The van der Waals surface area contributed by atoms with Crippen molar-refractivity contribution in [1.29, 1.82) is 0 Å². The topological polar surface area (TPSA) is 52.9 Å². The van der Waals surface area contributed by atoms with E-state index in [9.17, 15) is 9.90 Å². The highest BCUT2D eigenvalue weighted by atomic mass is 16.3. The summed E-state index contributed by atoms with van der Waals surface area (Å²) in [5, 5.41) is 16.5. The number of nitrogens with zero attached hydrogens (tertiary/aromatic N) is 2. The van der Waals surface area contributed by atoms with E-state index in [-0.39, 0.29) is 6.42 Å². The van der Waals surface area contributed by atoms with Gasteiger partial charge < -0.3 is 5.11 Å². The number of benzene rings is 2. The summed E-state index contributed by atoms with van der Waals surface area (Å²) in [5.41, 5.74) is 1.50. The lowest BCUT2D eigenvalue weighted by atomic mass is 9.88. The van der Waals surface area contributed by atoms with Crippen LogP contribution in [0.25, 0.3) is 0 Å². The third-order valence-electron chi connectivity index (χ3n) is 4.10. The molecule has 22 heavy (non-hydrogen) atoms. The molecule has 2 aromatic carbocycles. The van der Waals surface area contributed by atoms with Gasteiger partial charge in [0.05, 0.1) is 11.4 Å². The molecule has 4 nitrogen and oxygen atoms in total. The van der Waals surface area contributed by atoms with Gasteiger partial charge in [-0.2, -0.15) is 10.1 Å². The molecule has 0 spiro atoms. The van der Waals surface area contributed by atoms with E-state index in [1.54, 1.807) is 19.1 Å². The van der Waals surface area contributed by atoms with E-state index in [1.165, 1.54) is 5.01 Å². The first-order chi connectivity index (χ1) is 10.5. The third kappa shape index (κ3) is 2.31. The van der Waals surface area contributed by atoms with Crippen molar-refractivity contribution in [2.45, 2.75) is 25.9 Å². The Morgan fingerprint density at radius 2 is 1.68 bits per heavy atom. The number of aliphatic hydroxyl groups is 1. The Morgan fingerprint density at radius 1 is 1.05 bits per heavy atom. The maximum atomic E-state index is 12.7. The van der Waals surface area contributed by atoms with Crippen LogP contribution in [0.3, 0.4) is 0 Å². The first kappa shape index (κ1) is 14.5. The Hall–Kier alpha value is -2.46. The predicted molar refractivity (Wildman–Crippen MR) is 86.9 cm³/mol. The number of amides is 1. The van der Waals surface area contributed by atoms with Crippen molar-refractivity contribution in [3.05, 3.63) is 65.7 Å². The van der Waals surface area contributed by atoms with Crippen molar-refractivity contribution < 1.29 is 9.90 Å². The van der Waals surface area contributed by atoms with Gasteiger partial charge in [0, 0.05) is 6.42 Å². The minimum Gasteiger partial charge on any atom is -0.374 e. The second-order valence-electron chi connectivity index (χ2n) is 5.60. The van der Waals surface area contributed by atoms with Crippen molar-refractivity contribution >= 4 is 17.3 Å². The average molecular weight is 294 g/mol. The van der Waals surface area contributed by atoms with Gasteiger partial charge in [-0.25, -0.2) is 0 Å². The molecular formula is C18H18N2O2. The number of aryl methyl sites for hydroxylation is 1. The van der Waals surface area contributed by atoms with Crippen LogP contribution >= 0.6 is 0 Å². The fourth-order valence-electron chi connectivity index (χ4n) is 2.64. The first-order valence-electron chi connectivity index (χ1n) is 7.24. The van der Waals surface area contributed by atoms with E-state index >= 15 is 0 Å². The van der Waals surface area contributed by atoms with E-state index < -0.39 is 11.5 Å². The summed E-state index contributed by atoms with van der Waals surface area (Å²) in [5.74, 6) is -0.403. The maximum absolute atomic E-state index is 12.7. The highest BCUT2D eigenvalue weighted by Crippen LogP contribution is 2.29. The zero-order valence-electron chi connectivity index (χ0n) is 12.7. The lowest BCUT2D eigenvalue weighted by molar-refractivity contribution is -0.129. The van der Waals surface area contributed by atoms with Crippen LogP contribution in [-0.2, 0) is 11.2 Å². The van der Waals surface area contributed by atoms with E-state index in [2.05, 4.69) is 5.10 Å². The van der Waals surface area contributed by atoms with Crippen LogP contribution in [0.4, 0.5) is 5.69 Å². The Labute approximate surface area is 129 Å². The van der Waals surface area contributed by atoms with Gasteiger partial charge in [0.1, 0.15) is 0 Å². The SMILES string of the molecule is CC1=NN(c2ccccc2)C(=O)[C@]1(O)Cc1ccccc1C. The zero-order chi connectivity index (χ0) is 15.7. The smallest absolute Gasteiger partial charge is 0.285 e. The number of hydrogen-bond acceptors (Lipinski definition) is 3. The molecule has 0 bridgehead atoms. The number of hydrogen-bond donors (Lipinski definition) is 1. The second kappa shape index (κ2) is 5.39. The second-order valence-corrected chi connectivity index (χ2v) is 5.60. The Bertz CT molecular complexity index is 740. The largest absolute Gasteiger partial charge is 0.374 e. The molecule has 4 heteroatoms. The van der Waals surface area contributed by atoms with E-state index in [0.717, 1.165) is 11.1 Å². The fraction of sp³-hybridized carbons (Fsp3) is 0.222.